The monoisotopic (exact) mass is 746 g/mol. The van der Waals surface area contributed by atoms with Crippen molar-refractivity contribution in [3.05, 3.63) is 70.7 Å². The third-order valence-corrected chi connectivity index (χ3v) is 20.1. The van der Waals surface area contributed by atoms with Crippen molar-refractivity contribution in [2.75, 3.05) is 13.2 Å². The second-order valence-corrected chi connectivity index (χ2v) is 21.8. The highest BCUT2D eigenvalue weighted by Gasteiger charge is 2.83. The third kappa shape index (κ3) is 3.78. The van der Waals surface area contributed by atoms with Gasteiger partial charge < -0.3 is 25.5 Å². The van der Waals surface area contributed by atoms with Gasteiger partial charge in [-0.25, -0.2) is 0 Å². The summed E-state index contributed by atoms with van der Waals surface area (Å²) >= 11 is 0. The predicted octanol–water partition coefficient (Wildman–Crippen LogP) is 5.39. The lowest BCUT2D eigenvalue weighted by atomic mass is 9.26. The largest absolute Gasteiger partial charge is 0.396 e. The first kappa shape index (κ1) is 35.8. The highest BCUT2D eigenvalue weighted by Crippen LogP contribution is 2.85. The van der Waals surface area contributed by atoms with E-state index in [1.165, 1.54) is 16.0 Å². The molecule has 1 aromatic rings. The number of hydrogen-bond donors (Lipinski definition) is 5. The van der Waals surface area contributed by atoms with E-state index in [9.17, 15) is 25.5 Å². The van der Waals surface area contributed by atoms with Gasteiger partial charge in [-0.3, -0.25) is 4.79 Å². The molecule has 6 saturated carbocycles. The predicted molar refractivity (Wildman–Crippen MR) is 211 cm³/mol. The van der Waals surface area contributed by atoms with Gasteiger partial charge in [-0.15, -0.1) is 0 Å². The Morgan fingerprint density at radius 1 is 0.909 bits per heavy atom. The molecule has 6 heteroatoms. The summed E-state index contributed by atoms with van der Waals surface area (Å²) < 4.78 is 0. The highest BCUT2D eigenvalue weighted by molar-refractivity contribution is 5.96. The fourth-order valence-electron chi connectivity index (χ4n) is 18.7. The number of carbonyl (C=O) groups excluding carboxylic acids is 1. The van der Waals surface area contributed by atoms with Crippen LogP contribution in [0.3, 0.4) is 0 Å². The van der Waals surface area contributed by atoms with Crippen LogP contribution < -0.4 is 10.4 Å². The van der Waals surface area contributed by atoms with Crippen molar-refractivity contribution in [2.45, 2.75) is 116 Å². The molecule has 2 spiro atoms. The maximum absolute atomic E-state index is 16.1. The molecule has 55 heavy (non-hydrogen) atoms. The third-order valence-electron chi connectivity index (χ3n) is 20.1. The van der Waals surface area contributed by atoms with E-state index in [4.69, 9.17) is 0 Å². The fourth-order valence-corrected chi connectivity index (χ4v) is 18.7. The maximum Gasteiger partial charge on any atom is 0.159 e. The van der Waals surface area contributed by atoms with E-state index in [0.29, 0.717) is 25.2 Å². The van der Waals surface area contributed by atoms with Gasteiger partial charge in [0.25, 0.3) is 0 Å². The number of fused-ring (bicyclic) bond motifs is 6. The molecule has 12 rings (SSSR count). The molecule has 0 aliphatic heterocycles. The molecule has 294 valence electrons. The number of benzene rings is 1. The summed E-state index contributed by atoms with van der Waals surface area (Å²) in [6, 6.07) is 8.62. The van der Waals surface area contributed by atoms with Gasteiger partial charge in [0.1, 0.15) is 0 Å². The van der Waals surface area contributed by atoms with Gasteiger partial charge in [0.05, 0.1) is 31.0 Å². The lowest BCUT2D eigenvalue weighted by Gasteiger charge is -2.77. The molecule has 16 atom stereocenters. The summed E-state index contributed by atoms with van der Waals surface area (Å²) in [6.07, 6.45) is 23.8. The summed E-state index contributed by atoms with van der Waals surface area (Å²) in [5.74, 6) is -0.104. The van der Waals surface area contributed by atoms with Gasteiger partial charge in [-0.1, -0.05) is 93.5 Å². The van der Waals surface area contributed by atoms with E-state index < -0.39 is 51.5 Å². The molecule has 11 aliphatic rings. The van der Waals surface area contributed by atoms with Crippen molar-refractivity contribution < 1.29 is 30.3 Å². The Labute approximate surface area is 326 Å². The minimum Gasteiger partial charge on any atom is -0.396 e. The number of rotatable bonds is 3. The van der Waals surface area contributed by atoms with E-state index in [1.807, 2.05) is 0 Å². The molecule has 11 aliphatic carbocycles. The number of hydrogen-bond acceptors (Lipinski definition) is 6. The Morgan fingerprint density at radius 3 is 2.44 bits per heavy atom. The second kappa shape index (κ2) is 11.0. The van der Waals surface area contributed by atoms with Crippen molar-refractivity contribution in [1.29, 1.82) is 0 Å². The van der Waals surface area contributed by atoms with Crippen molar-refractivity contribution in [2.24, 2.45) is 79.3 Å². The Kier molecular flexibility index (Phi) is 7.17. The van der Waals surface area contributed by atoms with E-state index >= 15 is 4.79 Å². The van der Waals surface area contributed by atoms with Crippen LogP contribution in [0.5, 0.6) is 0 Å². The fraction of sp³-hybridized carbons (Fsp3) is 0.694. The van der Waals surface area contributed by atoms with Crippen LogP contribution in [0.25, 0.3) is 12.2 Å². The molecular formula is C49H62O6. The van der Waals surface area contributed by atoms with Crippen LogP contribution in [0.15, 0.2) is 60.2 Å². The van der Waals surface area contributed by atoms with Crippen molar-refractivity contribution >= 4 is 17.9 Å². The van der Waals surface area contributed by atoms with Crippen molar-refractivity contribution in [3.8, 4) is 0 Å². The van der Waals surface area contributed by atoms with E-state index in [2.05, 4.69) is 87.6 Å². The number of aliphatic hydroxyl groups excluding tert-OH is 4. The van der Waals surface area contributed by atoms with Crippen LogP contribution in [0.2, 0.25) is 0 Å². The minimum absolute atomic E-state index is 0.00140. The summed E-state index contributed by atoms with van der Waals surface area (Å²) in [5.41, 5.74) is -3.60. The zero-order valence-corrected chi connectivity index (χ0v) is 33.1. The standard InChI is InChI=1S/C49H62O6/c1-42(2)24-36-35-23-37(52)41-44(43(35,3)27-46(55)19-13-32-10-6-15-45(32,26-42)48(36,46)28-51)17-12-31-20-29-8-4-5-9-30(29)21-34(31)49(41)33-11-7-16-47(39(53)22-33,40(54)25-50)38(49)14-18-44/h4-5,7-9,11,13,19-21,23,31-34,36,38-41,50-51,53-55H,6,10,12,14-18,22,24-28H2,1-3H3/t31-,32+,33+,34+,36+,38+,39-,40+,41-,43+,44+,45+,46-,47-,48+,49+/m0/s1. The molecule has 0 unspecified atom stereocenters. The molecule has 1 aromatic carbocycles. The molecule has 0 heterocycles. The smallest absolute Gasteiger partial charge is 0.159 e. The van der Waals surface area contributed by atoms with Gasteiger partial charge in [-0.2, -0.15) is 0 Å². The van der Waals surface area contributed by atoms with Crippen LogP contribution in [0.4, 0.5) is 0 Å². The van der Waals surface area contributed by atoms with Crippen LogP contribution in [0.1, 0.15) is 97.8 Å². The molecule has 0 amide bonds. The zero-order chi connectivity index (χ0) is 38.2. The molecule has 0 radical (unpaired) electrons. The minimum atomic E-state index is -1.22. The first-order chi connectivity index (χ1) is 26.2. The molecule has 4 bridgehead atoms. The molecule has 0 aromatic heterocycles. The van der Waals surface area contributed by atoms with Crippen LogP contribution in [-0.2, 0) is 4.79 Å². The average Bonchev–Trinajstić information content (AvgIpc) is 3.34. The van der Waals surface area contributed by atoms with Gasteiger partial charge in [0.15, 0.2) is 5.78 Å². The number of aliphatic hydroxyl groups is 5. The van der Waals surface area contributed by atoms with E-state index in [-0.39, 0.29) is 58.7 Å². The topological polar surface area (TPSA) is 118 Å². The van der Waals surface area contributed by atoms with Gasteiger partial charge >= 0.3 is 0 Å². The number of allylic oxidation sites excluding steroid dienone is 5. The molecule has 6 nitrogen and oxygen atoms in total. The molecule has 5 N–H and O–H groups in total. The van der Waals surface area contributed by atoms with Crippen molar-refractivity contribution in [1.82, 2.24) is 0 Å². The number of ketones is 1. The van der Waals surface area contributed by atoms with Crippen molar-refractivity contribution in [3.63, 3.8) is 0 Å². The maximum atomic E-state index is 16.1. The lowest BCUT2D eigenvalue weighted by molar-refractivity contribution is -0.289. The summed E-state index contributed by atoms with van der Waals surface area (Å²) in [5, 5.41) is 63.1. The normalized spacial score (nSPS) is 53.6. The summed E-state index contributed by atoms with van der Waals surface area (Å²) in [4.78, 5) is 16.1. The molecule has 0 saturated heterocycles. The van der Waals surface area contributed by atoms with Gasteiger partial charge in [0.2, 0.25) is 0 Å². The lowest BCUT2D eigenvalue weighted by Crippen LogP contribution is -2.77. The van der Waals surface area contributed by atoms with Gasteiger partial charge in [0, 0.05) is 16.7 Å². The van der Waals surface area contributed by atoms with E-state index in [1.54, 1.807) is 0 Å². The zero-order valence-electron chi connectivity index (χ0n) is 33.1. The Hall–Kier alpha value is -2.35. The Morgan fingerprint density at radius 2 is 1.67 bits per heavy atom. The van der Waals surface area contributed by atoms with Crippen LogP contribution in [-0.4, -0.2) is 62.3 Å². The molecular weight excluding hydrogens is 685 g/mol. The Bertz CT molecular complexity index is 2080. The van der Waals surface area contributed by atoms with Crippen LogP contribution in [0, 0.1) is 79.3 Å². The highest BCUT2D eigenvalue weighted by atomic mass is 16.3. The average molecular weight is 747 g/mol. The SMILES string of the molecule is CC1(C)C[C@@H]2C3=CC(=O)[C@@H]4[C@@]56[C@@H]7C=CC[C@]([C@H](O)CO)([C@H]5CC[C@@]4(CC[C@H]4C=c5ccccc5=C[C@H]46)[C@]3(C)C[C@@]3(O)C=C[C@H]4CCC[C@]4(C1)[C@@]23CO)[C@@H](O)C7. The van der Waals surface area contributed by atoms with Gasteiger partial charge in [-0.05, 0) is 150 Å². The molecule has 6 fully saturated rings. The number of carbonyl (C=O) groups is 1. The van der Waals surface area contributed by atoms with E-state index in [0.717, 1.165) is 57.8 Å². The summed E-state index contributed by atoms with van der Waals surface area (Å²) in [6.45, 7) is 6.69. The second-order valence-electron chi connectivity index (χ2n) is 21.8. The Balaban J connectivity index is 1.20. The quantitative estimate of drug-likeness (QED) is 0.265. The van der Waals surface area contributed by atoms with Crippen LogP contribution >= 0.6 is 0 Å². The first-order valence-electron chi connectivity index (χ1n) is 21.9. The first-order valence-corrected chi connectivity index (χ1v) is 21.9. The summed E-state index contributed by atoms with van der Waals surface area (Å²) in [7, 11) is 0.